The molecular formula is C11H8N2O5. The Morgan fingerprint density at radius 1 is 1.39 bits per heavy atom. The zero-order valence-corrected chi connectivity index (χ0v) is 9.28. The van der Waals surface area contributed by atoms with Crippen LogP contribution in [0.1, 0.15) is 20.8 Å². The fourth-order valence-corrected chi connectivity index (χ4v) is 1.42. The van der Waals surface area contributed by atoms with E-state index in [2.05, 4.69) is 14.7 Å². The van der Waals surface area contributed by atoms with Crippen LogP contribution in [0.2, 0.25) is 0 Å². The number of hydrogen-bond acceptors (Lipinski definition) is 6. The minimum atomic E-state index is -1.18. The molecule has 2 aromatic heterocycles. The highest BCUT2D eigenvalue weighted by atomic mass is 16.5. The number of carbonyl (C=O) groups is 2. The lowest BCUT2D eigenvalue weighted by atomic mass is 10.1. The standard InChI is InChI=1S/C11H8N2O5/c1-17-11(16)8-9(18-5-13-8)7-6(10(14)15)3-2-4-12-7/h2-5H,1H3,(H,14,15). The molecular weight excluding hydrogens is 240 g/mol. The number of carbonyl (C=O) groups excluding carboxylic acids is 1. The van der Waals surface area contributed by atoms with Gasteiger partial charge in [-0.2, -0.15) is 0 Å². The van der Waals surface area contributed by atoms with E-state index < -0.39 is 11.9 Å². The highest BCUT2D eigenvalue weighted by molar-refractivity contribution is 5.98. The van der Waals surface area contributed by atoms with Gasteiger partial charge in [-0.15, -0.1) is 0 Å². The quantitative estimate of drug-likeness (QED) is 0.814. The monoisotopic (exact) mass is 248 g/mol. The van der Waals surface area contributed by atoms with Crippen LogP contribution in [0.5, 0.6) is 0 Å². The number of nitrogens with zero attached hydrogens (tertiary/aromatic N) is 2. The maximum absolute atomic E-state index is 11.4. The SMILES string of the molecule is COC(=O)c1ncoc1-c1ncccc1C(=O)O. The predicted octanol–water partition coefficient (Wildman–Crippen LogP) is 1.22. The number of hydrogen-bond donors (Lipinski definition) is 1. The molecule has 0 unspecified atom stereocenters. The summed E-state index contributed by atoms with van der Waals surface area (Å²) in [4.78, 5) is 30.1. The van der Waals surface area contributed by atoms with Gasteiger partial charge >= 0.3 is 11.9 Å². The van der Waals surface area contributed by atoms with Crippen LogP contribution in [-0.4, -0.2) is 34.1 Å². The number of aromatic carboxylic acids is 1. The van der Waals surface area contributed by atoms with Crippen molar-refractivity contribution < 1.29 is 23.8 Å². The second-order valence-electron chi connectivity index (χ2n) is 3.23. The van der Waals surface area contributed by atoms with Gasteiger partial charge in [0.15, 0.2) is 17.8 Å². The second-order valence-corrected chi connectivity index (χ2v) is 3.23. The molecule has 2 heterocycles. The summed E-state index contributed by atoms with van der Waals surface area (Å²) in [5.74, 6) is -1.93. The van der Waals surface area contributed by atoms with Crippen LogP contribution in [0.4, 0.5) is 0 Å². The minimum Gasteiger partial charge on any atom is -0.478 e. The Morgan fingerprint density at radius 3 is 2.83 bits per heavy atom. The average Bonchev–Trinajstić information content (AvgIpc) is 2.86. The van der Waals surface area contributed by atoms with Crippen molar-refractivity contribution in [1.82, 2.24) is 9.97 Å². The van der Waals surface area contributed by atoms with Crippen molar-refractivity contribution in [3.63, 3.8) is 0 Å². The first-order valence-corrected chi connectivity index (χ1v) is 4.85. The third-order valence-electron chi connectivity index (χ3n) is 2.20. The largest absolute Gasteiger partial charge is 0.478 e. The molecule has 0 aliphatic rings. The molecule has 2 aromatic rings. The molecule has 0 fully saturated rings. The van der Waals surface area contributed by atoms with E-state index in [9.17, 15) is 9.59 Å². The van der Waals surface area contributed by atoms with E-state index in [1.54, 1.807) is 0 Å². The van der Waals surface area contributed by atoms with E-state index >= 15 is 0 Å². The first-order chi connectivity index (χ1) is 8.65. The van der Waals surface area contributed by atoms with Crippen LogP contribution in [-0.2, 0) is 4.74 Å². The van der Waals surface area contributed by atoms with Gasteiger partial charge in [-0.25, -0.2) is 14.6 Å². The molecule has 7 heteroatoms. The van der Waals surface area contributed by atoms with Crippen molar-refractivity contribution in [1.29, 1.82) is 0 Å². The van der Waals surface area contributed by atoms with Crippen LogP contribution < -0.4 is 0 Å². The topological polar surface area (TPSA) is 103 Å². The minimum absolute atomic E-state index is 0.0279. The molecule has 0 bridgehead atoms. The Hall–Kier alpha value is -2.70. The Labute approximate surface area is 101 Å². The number of ether oxygens (including phenoxy) is 1. The summed E-state index contributed by atoms with van der Waals surface area (Å²) in [5.41, 5.74) is -0.166. The third-order valence-corrected chi connectivity index (χ3v) is 2.20. The van der Waals surface area contributed by atoms with Gasteiger partial charge in [-0.05, 0) is 12.1 Å². The first-order valence-electron chi connectivity index (χ1n) is 4.85. The second kappa shape index (κ2) is 4.66. The van der Waals surface area contributed by atoms with Crippen LogP contribution in [0.15, 0.2) is 29.1 Å². The molecule has 92 valence electrons. The summed E-state index contributed by atoms with van der Waals surface area (Å²) in [7, 11) is 1.19. The number of carboxylic acids is 1. The van der Waals surface area contributed by atoms with Gasteiger partial charge in [0.2, 0.25) is 0 Å². The molecule has 0 saturated carbocycles. The Balaban J connectivity index is 2.60. The summed E-state index contributed by atoms with van der Waals surface area (Å²) in [6.45, 7) is 0. The van der Waals surface area contributed by atoms with Gasteiger partial charge in [0.25, 0.3) is 0 Å². The summed E-state index contributed by atoms with van der Waals surface area (Å²) >= 11 is 0. The number of pyridine rings is 1. The maximum Gasteiger partial charge on any atom is 0.360 e. The third kappa shape index (κ3) is 1.93. The number of carboxylic acid groups (broad SMARTS) is 1. The fraction of sp³-hybridized carbons (Fsp3) is 0.0909. The Kier molecular flexibility index (Phi) is 3.05. The average molecular weight is 248 g/mol. The van der Waals surface area contributed by atoms with Crippen molar-refractivity contribution >= 4 is 11.9 Å². The van der Waals surface area contributed by atoms with Gasteiger partial charge in [0, 0.05) is 6.20 Å². The molecule has 0 spiro atoms. The van der Waals surface area contributed by atoms with Gasteiger partial charge in [0.05, 0.1) is 12.7 Å². The first kappa shape index (κ1) is 11.8. The van der Waals surface area contributed by atoms with Gasteiger partial charge in [0.1, 0.15) is 5.69 Å². The van der Waals surface area contributed by atoms with Gasteiger partial charge in [-0.3, -0.25) is 4.98 Å². The molecule has 1 N–H and O–H groups in total. The number of aromatic nitrogens is 2. The van der Waals surface area contributed by atoms with Crippen molar-refractivity contribution in [3.8, 4) is 11.5 Å². The Bertz CT molecular complexity index is 605. The lowest BCUT2D eigenvalue weighted by Crippen LogP contribution is -2.06. The van der Waals surface area contributed by atoms with Crippen molar-refractivity contribution in [3.05, 3.63) is 36.0 Å². The van der Waals surface area contributed by atoms with Crippen molar-refractivity contribution in [2.24, 2.45) is 0 Å². The number of rotatable bonds is 3. The zero-order valence-electron chi connectivity index (χ0n) is 9.28. The molecule has 18 heavy (non-hydrogen) atoms. The van der Waals surface area contributed by atoms with Crippen LogP contribution >= 0.6 is 0 Å². The molecule has 0 saturated heterocycles. The Morgan fingerprint density at radius 2 is 2.17 bits per heavy atom. The normalized spacial score (nSPS) is 10.1. The zero-order chi connectivity index (χ0) is 13.1. The summed E-state index contributed by atoms with van der Waals surface area (Å²) < 4.78 is 9.55. The van der Waals surface area contributed by atoms with Crippen LogP contribution in [0, 0.1) is 0 Å². The molecule has 0 aromatic carbocycles. The van der Waals surface area contributed by atoms with Crippen LogP contribution in [0.25, 0.3) is 11.5 Å². The molecule has 0 amide bonds. The molecule has 2 rings (SSSR count). The maximum atomic E-state index is 11.4. The molecule has 0 radical (unpaired) electrons. The summed E-state index contributed by atoms with van der Waals surface area (Å²) in [5, 5.41) is 9.03. The van der Waals surface area contributed by atoms with E-state index in [4.69, 9.17) is 9.52 Å². The molecule has 0 aliphatic carbocycles. The van der Waals surface area contributed by atoms with E-state index in [0.29, 0.717) is 0 Å². The fourth-order valence-electron chi connectivity index (χ4n) is 1.42. The van der Waals surface area contributed by atoms with E-state index in [0.717, 1.165) is 6.39 Å². The molecule has 0 aliphatic heterocycles. The molecule has 0 atom stereocenters. The lowest BCUT2D eigenvalue weighted by molar-refractivity contribution is 0.0593. The van der Waals surface area contributed by atoms with Gasteiger partial charge in [-0.1, -0.05) is 0 Å². The van der Waals surface area contributed by atoms with E-state index in [1.165, 1.54) is 25.4 Å². The number of methoxy groups -OCH3 is 1. The van der Waals surface area contributed by atoms with E-state index in [1.807, 2.05) is 0 Å². The summed E-state index contributed by atoms with van der Waals surface area (Å²) in [6, 6.07) is 2.83. The summed E-state index contributed by atoms with van der Waals surface area (Å²) in [6.07, 6.45) is 2.42. The van der Waals surface area contributed by atoms with Gasteiger partial charge < -0.3 is 14.3 Å². The number of esters is 1. The van der Waals surface area contributed by atoms with Crippen LogP contribution in [0.3, 0.4) is 0 Å². The molecule has 7 nitrogen and oxygen atoms in total. The highest BCUT2D eigenvalue weighted by Crippen LogP contribution is 2.24. The van der Waals surface area contributed by atoms with E-state index in [-0.39, 0.29) is 22.7 Å². The van der Waals surface area contributed by atoms with Crippen molar-refractivity contribution in [2.45, 2.75) is 0 Å². The van der Waals surface area contributed by atoms with Crippen molar-refractivity contribution in [2.75, 3.05) is 7.11 Å². The highest BCUT2D eigenvalue weighted by Gasteiger charge is 2.24. The number of oxazole rings is 1. The predicted molar refractivity (Wildman–Crippen MR) is 58.0 cm³/mol. The lowest BCUT2D eigenvalue weighted by Gasteiger charge is -2.02. The smallest absolute Gasteiger partial charge is 0.360 e.